The summed E-state index contributed by atoms with van der Waals surface area (Å²) in [6.45, 7) is -1.31. The fourth-order valence-corrected chi connectivity index (χ4v) is 1.12. The second-order valence-corrected chi connectivity index (χ2v) is 3.27. The van der Waals surface area contributed by atoms with Gasteiger partial charge in [0.1, 0.15) is 0 Å². The number of nitrogens with zero attached hydrogens (tertiary/aromatic N) is 10. The number of azide groups is 3. The van der Waals surface area contributed by atoms with Crippen LogP contribution in [-0.4, -0.2) is 36.2 Å². The maximum atomic E-state index is 11.3. The van der Waals surface area contributed by atoms with Crippen molar-refractivity contribution < 1.29 is 9.83 Å². The average Bonchev–Trinajstić information content (AvgIpc) is 2.39. The van der Waals surface area contributed by atoms with Gasteiger partial charge in [-0.25, -0.2) is 14.9 Å². The Balaban J connectivity index is 5.26. The zero-order valence-corrected chi connectivity index (χ0v) is 9.82. The van der Waals surface area contributed by atoms with E-state index in [2.05, 4.69) is 35.4 Å². The van der Waals surface area contributed by atoms with Crippen LogP contribution in [0.3, 0.4) is 0 Å². The molecular formula is C5H8N12O3. The van der Waals surface area contributed by atoms with Crippen LogP contribution in [0.25, 0.3) is 31.3 Å². The molecule has 0 saturated heterocycles. The molecule has 0 atom stereocenters. The minimum Gasteiger partial charge on any atom is -0.328 e. The first-order chi connectivity index (χ1) is 9.49. The molecule has 0 rings (SSSR count). The molecule has 2 N–H and O–H groups in total. The Hall–Kier alpha value is -3.40. The van der Waals surface area contributed by atoms with Gasteiger partial charge in [-0.15, -0.1) is 0 Å². The van der Waals surface area contributed by atoms with Crippen molar-refractivity contribution in [2.24, 2.45) is 15.3 Å². The first kappa shape index (κ1) is 16.6. The highest BCUT2D eigenvalue weighted by molar-refractivity contribution is 5.73. The second-order valence-electron chi connectivity index (χ2n) is 3.27. The van der Waals surface area contributed by atoms with Crippen LogP contribution < -0.4 is 10.7 Å². The topological polar surface area (TPSA) is 231 Å². The molecule has 15 nitrogen and oxygen atoms in total. The van der Waals surface area contributed by atoms with Crippen molar-refractivity contribution in [3.8, 4) is 0 Å². The van der Waals surface area contributed by atoms with Crippen LogP contribution >= 0.6 is 0 Å². The number of nitro groups is 1. The van der Waals surface area contributed by atoms with E-state index in [0.717, 1.165) is 0 Å². The van der Waals surface area contributed by atoms with Gasteiger partial charge in [0.25, 0.3) is 0 Å². The van der Waals surface area contributed by atoms with Gasteiger partial charge in [0.15, 0.2) is 5.03 Å². The lowest BCUT2D eigenvalue weighted by atomic mass is 10.0. The molecule has 2 amide bonds. The number of hydrazine groups is 1. The van der Waals surface area contributed by atoms with Gasteiger partial charge in [-0.1, -0.05) is 20.8 Å². The second kappa shape index (κ2) is 8.66. The highest BCUT2D eigenvalue weighted by Crippen LogP contribution is 2.09. The normalized spacial score (nSPS) is 11.6. The molecule has 0 saturated carbocycles. The molecule has 0 bridgehead atoms. The lowest BCUT2D eigenvalue weighted by Crippen LogP contribution is -2.58. The molecule has 0 spiro atoms. The summed E-state index contributed by atoms with van der Waals surface area (Å²) in [5.41, 5.74) is 24.6. The number of hydrogen-bond donors (Lipinski definition) is 2. The maximum Gasteiger partial charge on any atom is 0.373 e. The molecule has 0 aromatic rings. The Morgan fingerprint density at radius 2 is 1.50 bits per heavy atom. The van der Waals surface area contributed by atoms with E-state index in [1.54, 1.807) is 0 Å². The molecular weight excluding hydrogens is 276 g/mol. The molecule has 0 fully saturated rings. The average molecular weight is 284 g/mol. The minimum absolute atomic E-state index is 0.438. The van der Waals surface area contributed by atoms with E-state index in [0.29, 0.717) is 0 Å². The van der Waals surface area contributed by atoms with Crippen molar-refractivity contribution in [3.63, 3.8) is 0 Å². The summed E-state index contributed by atoms with van der Waals surface area (Å²) >= 11 is 0. The number of carbonyl (C=O) groups excluding carboxylic acids is 1. The van der Waals surface area contributed by atoms with Crippen LogP contribution in [0.2, 0.25) is 0 Å². The largest absolute Gasteiger partial charge is 0.373 e. The highest BCUT2D eigenvalue weighted by atomic mass is 16.7. The van der Waals surface area contributed by atoms with Crippen molar-refractivity contribution >= 4 is 6.03 Å². The van der Waals surface area contributed by atoms with Crippen molar-refractivity contribution in [3.05, 3.63) is 41.4 Å². The van der Waals surface area contributed by atoms with Crippen LogP contribution in [-0.2, 0) is 0 Å². The molecule has 0 aromatic heterocycles. The van der Waals surface area contributed by atoms with Crippen LogP contribution in [0.4, 0.5) is 4.79 Å². The van der Waals surface area contributed by atoms with Crippen LogP contribution in [0.1, 0.15) is 0 Å². The van der Waals surface area contributed by atoms with Gasteiger partial charge in [-0.3, -0.25) is 0 Å². The zero-order chi connectivity index (χ0) is 15.4. The third-order valence-electron chi connectivity index (χ3n) is 1.88. The predicted molar refractivity (Wildman–Crippen MR) is 63.4 cm³/mol. The van der Waals surface area contributed by atoms with E-state index in [1.165, 1.54) is 5.43 Å². The summed E-state index contributed by atoms with van der Waals surface area (Å²) in [6.07, 6.45) is 0. The number of carbonyl (C=O) groups is 1. The van der Waals surface area contributed by atoms with Crippen molar-refractivity contribution in [2.45, 2.75) is 5.54 Å². The van der Waals surface area contributed by atoms with Crippen molar-refractivity contribution in [2.75, 3.05) is 19.6 Å². The Morgan fingerprint density at radius 1 is 1.10 bits per heavy atom. The van der Waals surface area contributed by atoms with Crippen LogP contribution in [0.5, 0.6) is 0 Å². The molecule has 106 valence electrons. The molecule has 0 aliphatic heterocycles. The Labute approximate surface area is 109 Å². The summed E-state index contributed by atoms with van der Waals surface area (Å²) in [7, 11) is 0. The van der Waals surface area contributed by atoms with E-state index in [4.69, 9.17) is 16.6 Å². The summed E-state index contributed by atoms with van der Waals surface area (Å²) in [5, 5.41) is 20.6. The Kier molecular flexibility index (Phi) is 7.18. The van der Waals surface area contributed by atoms with Gasteiger partial charge >= 0.3 is 6.03 Å². The lowest BCUT2D eigenvalue weighted by molar-refractivity contribution is -0.527. The molecule has 0 aromatic carbocycles. The Morgan fingerprint density at radius 3 is 1.80 bits per heavy atom. The van der Waals surface area contributed by atoms with E-state index in [-0.39, 0.29) is 0 Å². The first-order valence-corrected chi connectivity index (χ1v) is 4.75. The molecule has 20 heavy (non-hydrogen) atoms. The van der Waals surface area contributed by atoms with Gasteiger partial charge in [0.05, 0.1) is 5.54 Å². The summed E-state index contributed by atoms with van der Waals surface area (Å²) in [4.78, 5) is 28.8. The molecule has 0 heterocycles. The number of hydrogen-bond acceptors (Lipinski definition) is 6. The smallest absolute Gasteiger partial charge is 0.328 e. The monoisotopic (exact) mass is 284 g/mol. The molecule has 0 unspecified atom stereocenters. The summed E-state index contributed by atoms with van der Waals surface area (Å²) in [5.74, 6) is 0. The van der Waals surface area contributed by atoms with Gasteiger partial charge in [0.2, 0.25) is 0 Å². The number of amides is 2. The van der Waals surface area contributed by atoms with E-state index < -0.39 is 36.2 Å². The standard InChI is InChI=1S/C5H8N12O3/c6-14-9-1-5(2-10-15-7,3-11-16-8)12-4(18)13-17(19)20/h1-3H2,(H2,12,13,18). The first-order valence-electron chi connectivity index (χ1n) is 4.75. The number of rotatable bonds is 8. The predicted octanol–water partition coefficient (Wildman–Crippen LogP) is 1.15. The van der Waals surface area contributed by atoms with Gasteiger partial charge in [0, 0.05) is 34.4 Å². The highest BCUT2D eigenvalue weighted by Gasteiger charge is 2.31. The van der Waals surface area contributed by atoms with E-state index in [1.807, 2.05) is 0 Å². The lowest BCUT2D eigenvalue weighted by Gasteiger charge is -2.29. The SMILES string of the molecule is [N-]=[N+]=NCC(CN=[N+]=[N-])(CN=[N+]=[N-])NC(=O)N[N+](=O)[O-]. The zero-order valence-electron chi connectivity index (χ0n) is 9.82. The quantitative estimate of drug-likeness (QED) is 0.219. The van der Waals surface area contributed by atoms with Crippen molar-refractivity contribution in [1.29, 1.82) is 0 Å². The third-order valence-corrected chi connectivity index (χ3v) is 1.88. The van der Waals surface area contributed by atoms with Gasteiger partial charge < -0.3 is 5.32 Å². The molecule has 15 heteroatoms. The van der Waals surface area contributed by atoms with Crippen LogP contribution in [0.15, 0.2) is 15.3 Å². The number of nitrogens with one attached hydrogen (secondary N) is 2. The minimum atomic E-state index is -1.56. The third kappa shape index (κ3) is 6.36. The Bertz CT molecular complexity index is 459. The summed E-state index contributed by atoms with van der Waals surface area (Å²) in [6, 6.07) is -1.25. The van der Waals surface area contributed by atoms with Gasteiger partial charge in [-0.05, 0) is 16.6 Å². The van der Waals surface area contributed by atoms with E-state index >= 15 is 0 Å². The number of urea groups is 1. The maximum absolute atomic E-state index is 11.3. The summed E-state index contributed by atoms with van der Waals surface area (Å²) < 4.78 is 0. The van der Waals surface area contributed by atoms with E-state index in [9.17, 15) is 14.9 Å². The van der Waals surface area contributed by atoms with Crippen LogP contribution in [0, 0.1) is 10.1 Å². The van der Waals surface area contributed by atoms with Crippen molar-refractivity contribution in [1.82, 2.24) is 10.7 Å². The molecule has 0 radical (unpaired) electrons. The fourth-order valence-electron chi connectivity index (χ4n) is 1.12. The molecule has 0 aliphatic rings. The fraction of sp³-hybridized carbons (Fsp3) is 0.800. The van der Waals surface area contributed by atoms with Gasteiger partial charge in [-0.2, -0.15) is 0 Å². The molecule has 0 aliphatic carbocycles.